The third-order valence-electron chi connectivity index (χ3n) is 2.94. The number of H-pyrrole nitrogens is 1. The number of rotatable bonds is 7. The minimum absolute atomic E-state index is 0.0614. The van der Waals surface area contributed by atoms with Crippen molar-refractivity contribution in [1.82, 2.24) is 15.3 Å². The van der Waals surface area contributed by atoms with E-state index in [2.05, 4.69) is 20.4 Å². The van der Waals surface area contributed by atoms with E-state index in [4.69, 9.17) is 10.9 Å². The Morgan fingerprint density at radius 2 is 2.37 bits per heavy atom. The van der Waals surface area contributed by atoms with Crippen molar-refractivity contribution in [2.45, 2.75) is 39.2 Å². The fraction of sp³-hybridized carbons (Fsp3) is 0.583. The summed E-state index contributed by atoms with van der Waals surface area (Å²) in [6.07, 6.45) is 5.35. The van der Waals surface area contributed by atoms with Gasteiger partial charge in [-0.1, -0.05) is 25.4 Å². The molecule has 0 saturated heterocycles. The molecule has 2 atom stereocenters. The van der Waals surface area contributed by atoms with Gasteiger partial charge in [-0.25, -0.2) is 4.98 Å². The van der Waals surface area contributed by atoms with Crippen molar-refractivity contribution in [2.75, 3.05) is 0 Å². The van der Waals surface area contributed by atoms with E-state index in [1.807, 2.05) is 13.8 Å². The Kier molecular flexibility index (Phi) is 5.84. The number of hydrogen-bond donors (Lipinski definition) is 4. The van der Waals surface area contributed by atoms with Crippen LogP contribution >= 0.6 is 0 Å². The van der Waals surface area contributed by atoms with Gasteiger partial charge in [-0.3, -0.25) is 4.79 Å². The molecule has 106 valence electrons. The number of nitrogens with one attached hydrogen (secondary N) is 2. The number of aromatic amines is 1. The van der Waals surface area contributed by atoms with Gasteiger partial charge in [0.2, 0.25) is 5.91 Å². The molecule has 0 aliphatic rings. The Bertz CT molecular complexity index is 416. The van der Waals surface area contributed by atoms with Crippen LogP contribution in [0.15, 0.2) is 17.5 Å². The van der Waals surface area contributed by atoms with Crippen LogP contribution in [0, 0.1) is 5.92 Å². The molecule has 0 radical (unpaired) electrons. The predicted octanol–water partition coefficient (Wildman–Crippen LogP) is 1.14. The van der Waals surface area contributed by atoms with Crippen molar-refractivity contribution in [1.29, 1.82) is 0 Å². The summed E-state index contributed by atoms with van der Waals surface area (Å²) in [5.41, 5.74) is 5.56. The molecule has 1 aromatic rings. The smallest absolute Gasteiger partial charge is 0.231 e. The molecule has 0 saturated carbocycles. The molecule has 2 unspecified atom stereocenters. The third-order valence-corrected chi connectivity index (χ3v) is 2.94. The Labute approximate surface area is 112 Å². The molecule has 19 heavy (non-hydrogen) atoms. The molecule has 0 aliphatic heterocycles. The van der Waals surface area contributed by atoms with Crippen molar-refractivity contribution in [3.05, 3.63) is 18.2 Å². The SMILES string of the molecule is CCCC(C(=O)NC(CC)c1ncc[nH]1)/C(N)=N/O. The molecule has 1 heterocycles. The highest BCUT2D eigenvalue weighted by Crippen LogP contribution is 2.14. The summed E-state index contributed by atoms with van der Waals surface area (Å²) >= 11 is 0. The summed E-state index contributed by atoms with van der Waals surface area (Å²) in [5, 5.41) is 14.5. The zero-order valence-electron chi connectivity index (χ0n) is 11.3. The zero-order valence-corrected chi connectivity index (χ0v) is 11.3. The molecule has 1 aromatic heterocycles. The molecule has 0 bridgehead atoms. The van der Waals surface area contributed by atoms with Crippen LogP contribution in [-0.2, 0) is 4.79 Å². The standard InChI is InChI=1S/C12H21N5O2/c1-3-5-8(10(13)17-19)12(18)16-9(4-2)11-14-6-7-15-11/h6-9,19H,3-5H2,1-2H3,(H2,13,17)(H,14,15)(H,16,18). The number of carbonyl (C=O) groups excluding carboxylic acids is 1. The monoisotopic (exact) mass is 267 g/mol. The van der Waals surface area contributed by atoms with Crippen molar-refractivity contribution in [3.63, 3.8) is 0 Å². The quantitative estimate of drug-likeness (QED) is 0.256. The molecular weight excluding hydrogens is 246 g/mol. The van der Waals surface area contributed by atoms with Gasteiger partial charge in [0, 0.05) is 12.4 Å². The highest BCUT2D eigenvalue weighted by molar-refractivity contribution is 6.02. The van der Waals surface area contributed by atoms with Crippen molar-refractivity contribution in [2.24, 2.45) is 16.8 Å². The van der Waals surface area contributed by atoms with E-state index in [9.17, 15) is 4.79 Å². The molecule has 1 amide bonds. The molecule has 7 heteroatoms. The van der Waals surface area contributed by atoms with Crippen LogP contribution in [0.5, 0.6) is 0 Å². The molecule has 5 N–H and O–H groups in total. The number of hydrogen-bond acceptors (Lipinski definition) is 4. The number of imidazole rings is 1. The number of nitrogens with two attached hydrogens (primary N) is 1. The second-order valence-corrected chi connectivity index (χ2v) is 4.31. The van der Waals surface area contributed by atoms with E-state index in [0.717, 1.165) is 6.42 Å². The van der Waals surface area contributed by atoms with Crippen LogP contribution < -0.4 is 11.1 Å². The summed E-state index contributed by atoms with van der Waals surface area (Å²) in [4.78, 5) is 19.3. The molecule has 0 aliphatic carbocycles. The van der Waals surface area contributed by atoms with Gasteiger partial charge < -0.3 is 21.2 Å². The number of aromatic nitrogens is 2. The minimum atomic E-state index is -0.612. The summed E-state index contributed by atoms with van der Waals surface area (Å²) < 4.78 is 0. The third kappa shape index (κ3) is 3.97. The summed E-state index contributed by atoms with van der Waals surface area (Å²) in [6.45, 7) is 3.89. The second kappa shape index (κ2) is 7.40. The van der Waals surface area contributed by atoms with Gasteiger partial charge in [-0.15, -0.1) is 0 Å². The maximum Gasteiger partial charge on any atom is 0.231 e. The molecule has 0 spiro atoms. The first-order valence-electron chi connectivity index (χ1n) is 6.41. The Morgan fingerprint density at radius 3 is 2.84 bits per heavy atom. The van der Waals surface area contributed by atoms with Crippen LogP contribution in [0.4, 0.5) is 0 Å². The summed E-state index contributed by atoms with van der Waals surface area (Å²) in [6, 6.07) is -0.201. The largest absolute Gasteiger partial charge is 0.409 e. The van der Waals surface area contributed by atoms with E-state index in [1.54, 1.807) is 12.4 Å². The number of oxime groups is 1. The lowest BCUT2D eigenvalue weighted by Crippen LogP contribution is -2.40. The maximum atomic E-state index is 12.2. The zero-order chi connectivity index (χ0) is 14.3. The number of amidine groups is 1. The molecule has 7 nitrogen and oxygen atoms in total. The average molecular weight is 267 g/mol. The minimum Gasteiger partial charge on any atom is -0.409 e. The van der Waals surface area contributed by atoms with Gasteiger partial charge in [0.25, 0.3) is 0 Å². The normalized spacial score (nSPS) is 14.9. The van der Waals surface area contributed by atoms with Crippen molar-refractivity contribution < 1.29 is 10.0 Å². The predicted molar refractivity (Wildman–Crippen MR) is 71.6 cm³/mol. The first-order valence-corrected chi connectivity index (χ1v) is 6.41. The van der Waals surface area contributed by atoms with Crippen LogP contribution in [0.2, 0.25) is 0 Å². The molecule has 0 aromatic carbocycles. The highest BCUT2D eigenvalue weighted by Gasteiger charge is 2.25. The van der Waals surface area contributed by atoms with Crippen molar-refractivity contribution in [3.8, 4) is 0 Å². The van der Waals surface area contributed by atoms with Gasteiger partial charge in [0.15, 0.2) is 5.84 Å². The van der Waals surface area contributed by atoms with E-state index >= 15 is 0 Å². The van der Waals surface area contributed by atoms with Crippen molar-refractivity contribution >= 4 is 11.7 Å². The van der Waals surface area contributed by atoms with E-state index in [0.29, 0.717) is 18.7 Å². The van der Waals surface area contributed by atoms with E-state index in [-0.39, 0.29) is 17.8 Å². The average Bonchev–Trinajstić information content (AvgIpc) is 2.94. The first-order chi connectivity index (χ1) is 9.13. The molecule has 0 fully saturated rings. The first kappa shape index (κ1) is 15.0. The Hall–Kier alpha value is -2.05. The Morgan fingerprint density at radius 1 is 1.63 bits per heavy atom. The topological polar surface area (TPSA) is 116 Å². The van der Waals surface area contributed by atoms with Gasteiger partial charge >= 0.3 is 0 Å². The fourth-order valence-electron chi connectivity index (χ4n) is 1.88. The lowest BCUT2D eigenvalue weighted by Gasteiger charge is -2.19. The lowest BCUT2D eigenvalue weighted by molar-refractivity contribution is -0.124. The summed E-state index contributed by atoms with van der Waals surface area (Å²) in [5.74, 6) is -0.223. The van der Waals surface area contributed by atoms with E-state index in [1.165, 1.54) is 0 Å². The summed E-state index contributed by atoms with van der Waals surface area (Å²) in [7, 11) is 0. The van der Waals surface area contributed by atoms with Crippen LogP contribution in [0.1, 0.15) is 45.0 Å². The number of amides is 1. The molecule has 1 rings (SSSR count). The highest BCUT2D eigenvalue weighted by atomic mass is 16.4. The van der Waals surface area contributed by atoms with Gasteiger partial charge in [0.1, 0.15) is 5.82 Å². The van der Waals surface area contributed by atoms with Gasteiger partial charge in [0.05, 0.1) is 12.0 Å². The molecular formula is C12H21N5O2. The van der Waals surface area contributed by atoms with E-state index < -0.39 is 5.92 Å². The Balaban J connectivity index is 2.75. The maximum absolute atomic E-state index is 12.2. The lowest BCUT2D eigenvalue weighted by atomic mass is 10.0. The van der Waals surface area contributed by atoms with Gasteiger partial charge in [-0.05, 0) is 12.8 Å². The number of nitrogens with zero attached hydrogens (tertiary/aromatic N) is 2. The van der Waals surface area contributed by atoms with Gasteiger partial charge in [-0.2, -0.15) is 0 Å². The van der Waals surface area contributed by atoms with Crippen LogP contribution in [-0.4, -0.2) is 26.9 Å². The van der Waals surface area contributed by atoms with Crippen LogP contribution in [0.3, 0.4) is 0 Å². The fourth-order valence-corrected chi connectivity index (χ4v) is 1.88. The van der Waals surface area contributed by atoms with Crippen LogP contribution in [0.25, 0.3) is 0 Å². The number of carbonyl (C=O) groups is 1. The second-order valence-electron chi connectivity index (χ2n) is 4.31.